The normalized spacial score (nSPS) is 12.6. The fourth-order valence-corrected chi connectivity index (χ4v) is 5.05. The Morgan fingerprint density at radius 1 is 1.21 bits per heavy atom. The van der Waals surface area contributed by atoms with Crippen molar-refractivity contribution in [2.45, 2.75) is 38.3 Å². The summed E-state index contributed by atoms with van der Waals surface area (Å²) in [5.74, 6) is 0.704. The maximum Gasteiger partial charge on any atom is 0.258 e. The molecule has 8 nitrogen and oxygen atoms in total. The Morgan fingerprint density at radius 3 is 2.62 bits per heavy atom. The molecule has 0 aliphatic carbocycles. The molecule has 0 aliphatic heterocycles. The highest BCUT2D eigenvalue weighted by atomic mass is 32.2. The molecule has 1 atom stereocenters. The third-order valence-electron chi connectivity index (χ3n) is 6.52. The Labute approximate surface area is 232 Å². The number of pyridine rings is 1. The van der Waals surface area contributed by atoms with Gasteiger partial charge in [0.05, 0.1) is 23.9 Å². The lowest BCUT2D eigenvalue weighted by Gasteiger charge is -2.21. The number of aromatic nitrogens is 3. The molecule has 0 saturated carbocycles. The highest BCUT2D eigenvalue weighted by Crippen LogP contribution is 2.33. The van der Waals surface area contributed by atoms with E-state index in [9.17, 15) is 10.1 Å². The van der Waals surface area contributed by atoms with Crippen molar-refractivity contribution in [2.24, 2.45) is 17.8 Å². The summed E-state index contributed by atoms with van der Waals surface area (Å²) in [5, 5.41) is 14.3. The van der Waals surface area contributed by atoms with Crippen LogP contribution in [0.2, 0.25) is 0 Å². The Hall–Kier alpha value is -4.42. The van der Waals surface area contributed by atoms with E-state index in [0.717, 1.165) is 32.7 Å². The Kier molecular flexibility index (Phi) is 8.47. The topological polar surface area (TPSA) is 122 Å². The molecule has 198 valence electrons. The number of hydrogen-bond acceptors (Lipinski definition) is 8. The number of nitriles is 1. The van der Waals surface area contributed by atoms with Gasteiger partial charge in [-0.1, -0.05) is 6.07 Å². The number of rotatable bonds is 8. The van der Waals surface area contributed by atoms with Gasteiger partial charge in [-0.2, -0.15) is 5.26 Å². The van der Waals surface area contributed by atoms with E-state index in [1.54, 1.807) is 48.1 Å². The number of anilines is 1. The Balaban J connectivity index is 1.74. The fourth-order valence-electron chi connectivity index (χ4n) is 4.46. The predicted molar refractivity (Wildman–Crippen MR) is 160 cm³/mol. The lowest BCUT2D eigenvalue weighted by Crippen LogP contribution is -2.22. The molecule has 9 heteroatoms. The molecule has 0 amide bonds. The van der Waals surface area contributed by atoms with Crippen LogP contribution in [0.15, 0.2) is 69.7 Å². The number of nitrogens with zero attached hydrogens (tertiary/aromatic N) is 5. The molecule has 0 saturated heterocycles. The molecule has 2 heterocycles. The van der Waals surface area contributed by atoms with Crippen LogP contribution >= 0.6 is 11.8 Å². The molecule has 0 spiro atoms. The smallest absolute Gasteiger partial charge is 0.258 e. The second-order valence-electron chi connectivity index (χ2n) is 9.33. The molecule has 0 unspecified atom stereocenters. The van der Waals surface area contributed by atoms with E-state index in [1.165, 1.54) is 6.20 Å². The molecule has 2 aromatic heterocycles. The second-order valence-corrected chi connectivity index (χ2v) is 10.2. The number of hydrogen-bond donors (Lipinski definition) is 2. The zero-order chi connectivity index (χ0) is 28.1. The van der Waals surface area contributed by atoms with E-state index >= 15 is 0 Å². The highest BCUT2D eigenvalue weighted by molar-refractivity contribution is 7.98. The van der Waals surface area contributed by atoms with Crippen LogP contribution in [0.25, 0.3) is 16.3 Å². The molecule has 2 aromatic carbocycles. The number of thioether (sulfide) groups is 1. The van der Waals surface area contributed by atoms with Crippen LogP contribution in [-0.2, 0) is 13.6 Å². The van der Waals surface area contributed by atoms with Crippen molar-refractivity contribution in [1.82, 2.24) is 14.5 Å². The largest absolute Gasteiger partial charge is 0.404 e. The Bertz CT molecular complexity index is 1680. The van der Waals surface area contributed by atoms with Gasteiger partial charge in [0.15, 0.2) is 0 Å². The van der Waals surface area contributed by atoms with Crippen molar-refractivity contribution in [1.29, 1.82) is 5.26 Å². The first-order valence-electron chi connectivity index (χ1n) is 12.4. The molecule has 4 aromatic rings. The summed E-state index contributed by atoms with van der Waals surface area (Å²) in [5.41, 5.74) is 11.6. The number of benzene rings is 2. The van der Waals surface area contributed by atoms with Crippen LogP contribution < -0.4 is 16.6 Å². The minimum Gasteiger partial charge on any atom is -0.404 e. The van der Waals surface area contributed by atoms with Gasteiger partial charge >= 0.3 is 0 Å². The molecule has 3 N–H and O–H groups in total. The lowest BCUT2D eigenvalue weighted by atomic mass is 9.96. The molecule has 0 aliphatic rings. The van der Waals surface area contributed by atoms with Crippen molar-refractivity contribution in [3.8, 4) is 6.07 Å². The van der Waals surface area contributed by atoms with Crippen LogP contribution in [0, 0.1) is 25.2 Å². The molecule has 0 fully saturated rings. The van der Waals surface area contributed by atoms with Gasteiger partial charge < -0.3 is 15.6 Å². The number of nitrogens with one attached hydrogen (secondary N) is 1. The first kappa shape index (κ1) is 27.6. The van der Waals surface area contributed by atoms with E-state index in [1.807, 2.05) is 44.4 Å². The average molecular weight is 538 g/mol. The summed E-state index contributed by atoms with van der Waals surface area (Å²) in [6.07, 6.45) is 8.62. The van der Waals surface area contributed by atoms with Gasteiger partial charge in [0.2, 0.25) is 0 Å². The molecule has 0 radical (unpaired) electrons. The van der Waals surface area contributed by atoms with E-state index in [2.05, 4.69) is 39.3 Å². The molecular weight excluding hydrogens is 506 g/mol. The van der Waals surface area contributed by atoms with Gasteiger partial charge in [-0.25, -0.2) is 9.97 Å². The van der Waals surface area contributed by atoms with Gasteiger partial charge in [-0.3, -0.25) is 9.79 Å². The van der Waals surface area contributed by atoms with Crippen LogP contribution in [0.5, 0.6) is 0 Å². The first-order valence-corrected chi connectivity index (χ1v) is 13.7. The van der Waals surface area contributed by atoms with Crippen molar-refractivity contribution in [3.63, 3.8) is 0 Å². The summed E-state index contributed by atoms with van der Waals surface area (Å²) in [7, 11) is 1.74. The summed E-state index contributed by atoms with van der Waals surface area (Å²) in [4.78, 5) is 27.5. The molecule has 39 heavy (non-hydrogen) atoms. The van der Waals surface area contributed by atoms with Gasteiger partial charge in [0, 0.05) is 65.0 Å². The maximum atomic E-state index is 13.5. The molecule has 4 rings (SSSR count). The number of aryl methyl sites for hydroxylation is 2. The van der Waals surface area contributed by atoms with Gasteiger partial charge in [0.25, 0.3) is 5.56 Å². The highest BCUT2D eigenvalue weighted by Gasteiger charge is 2.17. The minimum absolute atomic E-state index is 0.109. The Morgan fingerprint density at radius 2 is 1.95 bits per heavy atom. The zero-order valence-corrected chi connectivity index (χ0v) is 23.5. The number of aliphatic imine (C=N–C) groups is 1. The summed E-state index contributed by atoms with van der Waals surface area (Å²) < 4.78 is 1.61. The van der Waals surface area contributed by atoms with Crippen LogP contribution in [0.3, 0.4) is 0 Å². The summed E-state index contributed by atoms with van der Waals surface area (Å²) in [6, 6.07) is 13.7. The monoisotopic (exact) mass is 537 g/mol. The minimum atomic E-state index is -0.119. The number of nitrogens with two attached hydrogens (primary N) is 1. The second kappa shape index (κ2) is 12.0. The number of allylic oxidation sites excluding steroid dienone is 1. The van der Waals surface area contributed by atoms with Gasteiger partial charge in [-0.05, 0) is 73.9 Å². The van der Waals surface area contributed by atoms with E-state index in [-0.39, 0.29) is 11.6 Å². The van der Waals surface area contributed by atoms with Gasteiger partial charge in [0.1, 0.15) is 5.82 Å². The number of fused-ring (bicyclic) bond motifs is 1. The van der Waals surface area contributed by atoms with E-state index < -0.39 is 0 Å². The molecule has 0 bridgehead atoms. The predicted octanol–water partition coefficient (Wildman–Crippen LogP) is 5.28. The summed E-state index contributed by atoms with van der Waals surface area (Å²) >= 11 is 1.58. The fraction of sp³-hybridized carbons (Fsp3) is 0.233. The van der Waals surface area contributed by atoms with Gasteiger partial charge in [-0.15, -0.1) is 11.8 Å². The SMILES string of the molecule is CSc1cc(C#N)ccc1N[C@H](C)c1cc(C)cc2c(=O)n(C)c(/C(C=NCc3cnc(C)nc3)=C/N)cc12. The third kappa shape index (κ3) is 6.02. The lowest BCUT2D eigenvalue weighted by molar-refractivity contribution is 0.852. The van der Waals surface area contributed by atoms with Crippen molar-refractivity contribution >= 4 is 40.0 Å². The summed E-state index contributed by atoms with van der Waals surface area (Å²) in [6.45, 7) is 6.29. The van der Waals surface area contributed by atoms with Crippen LogP contribution in [0.4, 0.5) is 5.69 Å². The first-order chi connectivity index (χ1) is 18.7. The zero-order valence-electron chi connectivity index (χ0n) is 22.7. The van der Waals surface area contributed by atoms with Crippen LogP contribution in [-0.4, -0.2) is 27.0 Å². The van der Waals surface area contributed by atoms with E-state index in [0.29, 0.717) is 34.6 Å². The molecular formula is C30H31N7OS. The quantitative estimate of drug-likeness (QED) is 0.231. The van der Waals surface area contributed by atoms with Crippen molar-refractivity contribution in [3.05, 3.63) is 99.1 Å². The maximum absolute atomic E-state index is 13.5. The average Bonchev–Trinajstić information content (AvgIpc) is 2.94. The van der Waals surface area contributed by atoms with Crippen molar-refractivity contribution < 1.29 is 0 Å². The van der Waals surface area contributed by atoms with Crippen LogP contribution in [0.1, 0.15) is 46.7 Å². The van der Waals surface area contributed by atoms with Crippen molar-refractivity contribution in [2.75, 3.05) is 11.6 Å². The van der Waals surface area contributed by atoms with E-state index in [4.69, 9.17) is 5.73 Å². The third-order valence-corrected chi connectivity index (χ3v) is 7.29. The standard InChI is InChI=1S/C30H31N7OS/c1-18-8-24(19(2)36-27-7-6-21(12-31)10-29(27)39-5)25-11-28(37(4)30(38)26(25)9-18)23(13-32)17-33-14-22-15-34-20(3)35-16-22/h6-11,13,15-17,19,36H,14,32H2,1-5H3/b23-13+,33-17?/t19-/m1/s1.